The fraction of sp³-hybridized carbons (Fsp3) is 0.412. The molecule has 3 aromatic carbocycles. The Bertz CT molecular complexity index is 1430. The lowest BCUT2D eigenvalue weighted by Crippen LogP contribution is -2.51. The first-order chi connectivity index (χ1) is 20.5. The van der Waals surface area contributed by atoms with Gasteiger partial charge in [-0.3, -0.25) is 13.9 Å². The van der Waals surface area contributed by atoms with Gasteiger partial charge < -0.3 is 15.0 Å². The molecule has 0 heterocycles. The number of rotatable bonds is 16. The number of amides is 2. The standard InChI is InChI=1S/C34H45N3O5S/c1-6-42-31-20-18-30(19-21-31)37(43(5,40)41)22-12-17-33(38)36(25-29-16-11-10-13-27(29)4)32(34(39)35-24-26(2)3)23-28-14-8-7-9-15-28/h7-11,13-16,18-21,26,32H,6,12,17,22-25H2,1-5H3,(H,35,39)/t32-/m1/s1. The number of nitrogens with zero attached hydrogens (tertiary/aromatic N) is 2. The van der Waals surface area contributed by atoms with Crippen LogP contribution in [0.5, 0.6) is 5.75 Å². The summed E-state index contributed by atoms with van der Waals surface area (Å²) >= 11 is 0. The van der Waals surface area contributed by atoms with Crippen LogP contribution in [0, 0.1) is 12.8 Å². The molecule has 8 nitrogen and oxygen atoms in total. The van der Waals surface area contributed by atoms with E-state index in [0.717, 1.165) is 22.9 Å². The molecule has 1 atom stereocenters. The number of benzene rings is 3. The van der Waals surface area contributed by atoms with Crippen LogP contribution in [0.4, 0.5) is 5.69 Å². The van der Waals surface area contributed by atoms with Gasteiger partial charge in [-0.05, 0) is 67.1 Å². The van der Waals surface area contributed by atoms with Crippen molar-refractivity contribution in [2.75, 3.05) is 30.3 Å². The van der Waals surface area contributed by atoms with Gasteiger partial charge >= 0.3 is 0 Å². The number of carbonyl (C=O) groups is 2. The Kier molecular flexibility index (Phi) is 12.6. The zero-order valence-corrected chi connectivity index (χ0v) is 26.8. The minimum Gasteiger partial charge on any atom is -0.494 e. The third-order valence-electron chi connectivity index (χ3n) is 7.15. The maximum atomic E-state index is 14.0. The second-order valence-corrected chi connectivity index (χ2v) is 13.1. The van der Waals surface area contributed by atoms with Crippen molar-refractivity contribution < 1.29 is 22.7 Å². The van der Waals surface area contributed by atoms with Gasteiger partial charge in [0.25, 0.3) is 0 Å². The van der Waals surface area contributed by atoms with Crippen LogP contribution in [0.2, 0.25) is 0 Å². The predicted octanol–water partition coefficient (Wildman–Crippen LogP) is 5.35. The van der Waals surface area contributed by atoms with E-state index in [1.807, 2.05) is 82.3 Å². The average molecular weight is 608 g/mol. The zero-order valence-electron chi connectivity index (χ0n) is 26.0. The van der Waals surface area contributed by atoms with Crippen molar-refractivity contribution in [1.82, 2.24) is 10.2 Å². The van der Waals surface area contributed by atoms with Crippen molar-refractivity contribution in [2.24, 2.45) is 5.92 Å². The molecule has 0 saturated carbocycles. The number of nitrogens with one attached hydrogen (secondary N) is 1. The average Bonchev–Trinajstić information content (AvgIpc) is 2.97. The molecule has 0 radical (unpaired) electrons. The zero-order chi connectivity index (χ0) is 31.4. The summed E-state index contributed by atoms with van der Waals surface area (Å²) in [5.41, 5.74) is 3.44. The molecule has 1 N–H and O–H groups in total. The molecule has 3 aromatic rings. The number of hydrogen-bond donors (Lipinski definition) is 1. The second kappa shape index (κ2) is 16.1. The van der Waals surface area contributed by atoms with Crippen LogP contribution in [0.25, 0.3) is 0 Å². The molecule has 0 spiro atoms. The van der Waals surface area contributed by atoms with E-state index in [0.29, 0.717) is 31.0 Å². The maximum Gasteiger partial charge on any atom is 0.243 e. The van der Waals surface area contributed by atoms with Crippen LogP contribution < -0.4 is 14.4 Å². The topological polar surface area (TPSA) is 96.0 Å². The summed E-state index contributed by atoms with van der Waals surface area (Å²) in [6.45, 7) is 9.34. The molecule has 0 aliphatic rings. The van der Waals surface area contributed by atoms with E-state index in [1.165, 1.54) is 4.31 Å². The molecule has 232 valence electrons. The summed E-state index contributed by atoms with van der Waals surface area (Å²) < 4.78 is 32.2. The van der Waals surface area contributed by atoms with Gasteiger partial charge in [-0.25, -0.2) is 8.42 Å². The van der Waals surface area contributed by atoms with Crippen LogP contribution in [0.1, 0.15) is 50.3 Å². The van der Waals surface area contributed by atoms with Crippen molar-refractivity contribution in [3.8, 4) is 5.75 Å². The summed E-state index contributed by atoms with van der Waals surface area (Å²) in [5, 5.41) is 3.04. The largest absolute Gasteiger partial charge is 0.494 e. The van der Waals surface area contributed by atoms with E-state index in [9.17, 15) is 18.0 Å². The molecule has 0 aromatic heterocycles. The minimum absolute atomic E-state index is 0.0810. The fourth-order valence-electron chi connectivity index (χ4n) is 4.83. The van der Waals surface area contributed by atoms with Crippen molar-refractivity contribution in [1.29, 1.82) is 0 Å². The van der Waals surface area contributed by atoms with E-state index in [-0.39, 0.29) is 43.7 Å². The number of ether oxygens (including phenoxy) is 1. The Balaban J connectivity index is 1.87. The highest BCUT2D eigenvalue weighted by Gasteiger charge is 2.31. The molecular formula is C34H45N3O5S. The van der Waals surface area contributed by atoms with E-state index >= 15 is 0 Å². The van der Waals surface area contributed by atoms with Gasteiger partial charge in [0.15, 0.2) is 0 Å². The molecular weight excluding hydrogens is 562 g/mol. The molecule has 0 aliphatic carbocycles. The lowest BCUT2D eigenvalue weighted by atomic mass is 10.0. The summed E-state index contributed by atoms with van der Waals surface area (Å²) in [6.07, 6.45) is 1.89. The highest BCUT2D eigenvalue weighted by Crippen LogP contribution is 2.23. The van der Waals surface area contributed by atoms with Crippen LogP contribution >= 0.6 is 0 Å². The maximum absolute atomic E-state index is 14.0. The molecule has 0 bridgehead atoms. The molecule has 3 rings (SSSR count). The van der Waals surface area contributed by atoms with Gasteiger partial charge in [0.05, 0.1) is 18.6 Å². The molecule has 43 heavy (non-hydrogen) atoms. The number of aryl methyl sites for hydroxylation is 1. The molecule has 0 fully saturated rings. The fourth-order valence-corrected chi connectivity index (χ4v) is 5.79. The third kappa shape index (κ3) is 10.4. The van der Waals surface area contributed by atoms with Crippen molar-refractivity contribution in [3.05, 3.63) is 95.6 Å². The molecule has 0 saturated heterocycles. The first-order valence-corrected chi connectivity index (χ1v) is 16.7. The van der Waals surface area contributed by atoms with Gasteiger partial charge in [0.1, 0.15) is 11.8 Å². The second-order valence-electron chi connectivity index (χ2n) is 11.2. The van der Waals surface area contributed by atoms with E-state index in [2.05, 4.69) is 5.32 Å². The predicted molar refractivity (Wildman–Crippen MR) is 173 cm³/mol. The first-order valence-electron chi connectivity index (χ1n) is 14.9. The highest BCUT2D eigenvalue weighted by atomic mass is 32.2. The van der Waals surface area contributed by atoms with E-state index < -0.39 is 16.1 Å². The Labute approximate surface area is 257 Å². The van der Waals surface area contributed by atoms with Crippen molar-refractivity contribution in [3.63, 3.8) is 0 Å². The van der Waals surface area contributed by atoms with Crippen molar-refractivity contribution in [2.45, 2.75) is 59.5 Å². The first kappa shape index (κ1) is 33.6. The number of hydrogen-bond acceptors (Lipinski definition) is 5. The summed E-state index contributed by atoms with van der Waals surface area (Å²) in [5.74, 6) is 0.504. The monoisotopic (exact) mass is 607 g/mol. The van der Waals surface area contributed by atoms with Crippen molar-refractivity contribution >= 4 is 27.5 Å². The minimum atomic E-state index is -3.60. The normalized spacial score (nSPS) is 12.0. The SMILES string of the molecule is CCOc1ccc(N(CCCC(=O)N(Cc2ccccc2C)[C@H](Cc2ccccc2)C(=O)NCC(C)C)S(C)(=O)=O)cc1. The van der Waals surface area contributed by atoms with Gasteiger partial charge in [-0.2, -0.15) is 0 Å². The highest BCUT2D eigenvalue weighted by molar-refractivity contribution is 7.92. The molecule has 9 heteroatoms. The summed E-state index contributed by atoms with van der Waals surface area (Å²) in [6, 6.07) is 23.7. The van der Waals surface area contributed by atoms with Crippen LogP contribution in [0.15, 0.2) is 78.9 Å². The lowest BCUT2D eigenvalue weighted by Gasteiger charge is -2.32. The smallest absolute Gasteiger partial charge is 0.243 e. The van der Waals surface area contributed by atoms with Gasteiger partial charge in [-0.15, -0.1) is 0 Å². The lowest BCUT2D eigenvalue weighted by molar-refractivity contribution is -0.141. The van der Waals surface area contributed by atoms with E-state index in [1.54, 1.807) is 29.2 Å². The van der Waals surface area contributed by atoms with E-state index in [4.69, 9.17) is 4.74 Å². The Morgan fingerprint density at radius 1 is 0.930 bits per heavy atom. The van der Waals surface area contributed by atoms with Gasteiger partial charge in [0, 0.05) is 32.5 Å². The number of anilines is 1. The van der Waals surface area contributed by atoms with Crippen LogP contribution in [-0.2, 0) is 32.6 Å². The van der Waals surface area contributed by atoms with Crippen LogP contribution in [-0.4, -0.2) is 57.1 Å². The number of carbonyl (C=O) groups excluding carboxylic acids is 2. The summed E-state index contributed by atoms with van der Waals surface area (Å²) in [7, 11) is -3.60. The molecule has 0 aliphatic heterocycles. The summed E-state index contributed by atoms with van der Waals surface area (Å²) in [4.78, 5) is 29.3. The Morgan fingerprint density at radius 3 is 2.19 bits per heavy atom. The van der Waals surface area contributed by atoms with Gasteiger partial charge in [-0.1, -0.05) is 68.4 Å². The molecule has 0 unspecified atom stereocenters. The number of sulfonamides is 1. The Morgan fingerprint density at radius 2 is 1.58 bits per heavy atom. The quantitative estimate of drug-likeness (QED) is 0.237. The van der Waals surface area contributed by atoms with Crippen LogP contribution in [0.3, 0.4) is 0 Å². The Hall–Kier alpha value is -3.85. The van der Waals surface area contributed by atoms with Gasteiger partial charge in [0.2, 0.25) is 21.8 Å². The third-order valence-corrected chi connectivity index (χ3v) is 8.34. The molecule has 2 amide bonds.